The zero-order chi connectivity index (χ0) is 15.4. The Balaban J connectivity index is 1.53. The van der Waals surface area contributed by atoms with Gasteiger partial charge in [-0.3, -0.25) is 9.89 Å². The molecule has 0 aromatic carbocycles. The van der Waals surface area contributed by atoms with Crippen LogP contribution in [0.25, 0.3) is 10.7 Å². The minimum Gasteiger partial charge on any atom is -0.375 e. The molecule has 0 aliphatic carbocycles. The molecule has 1 aliphatic heterocycles. The van der Waals surface area contributed by atoms with E-state index in [0.29, 0.717) is 30.6 Å². The number of aromatic nitrogens is 3. The molecular formula is C14H18N4O2S2. The third-order valence-corrected chi connectivity index (χ3v) is 5.20. The molecule has 6 nitrogen and oxygen atoms in total. The van der Waals surface area contributed by atoms with Crippen molar-refractivity contribution in [3.8, 4) is 10.7 Å². The van der Waals surface area contributed by atoms with Crippen molar-refractivity contribution in [2.75, 3.05) is 25.4 Å². The van der Waals surface area contributed by atoms with Gasteiger partial charge in [0.1, 0.15) is 0 Å². The molecule has 0 bridgehead atoms. The number of thiophene rings is 1. The van der Waals surface area contributed by atoms with Crippen LogP contribution in [-0.4, -0.2) is 57.5 Å². The van der Waals surface area contributed by atoms with E-state index >= 15 is 0 Å². The highest BCUT2D eigenvalue weighted by Gasteiger charge is 2.23. The Bertz CT molecular complexity index is 614. The number of H-pyrrole nitrogens is 1. The van der Waals surface area contributed by atoms with Gasteiger partial charge in [-0.15, -0.1) is 16.4 Å². The SMILES string of the molecule is CC[C@H]1CN(C(=O)CSc2n[nH]c(-c3cccs3)n2)CCO1. The summed E-state index contributed by atoms with van der Waals surface area (Å²) in [6, 6.07) is 3.96. The fourth-order valence-electron chi connectivity index (χ4n) is 2.24. The van der Waals surface area contributed by atoms with Crippen molar-refractivity contribution in [1.82, 2.24) is 20.1 Å². The molecule has 22 heavy (non-hydrogen) atoms. The summed E-state index contributed by atoms with van der Waals surface area (Å²) in [7, 11) is 0. The van der Waals surface area contributed by atoms with Gasteiger partial charge < -0.3 is 9.64 Å². The number of aromatic amines is 1. The second kappa shape index (κ2) is 7.26. The number of thioether (sulfide) groups is 1. The first-order valence-corrected chi connectivity index (χ1v) is 9.11. The molecule has 1 amide bonds. The highest BCUT2D eigenvalue weighted by atomic mass is 32.2. The monoisotopic (exact) mass is 338 g/mol. The maximum absolute atomic E-state index is 12.3. The second-order valence-corrected chi connectivity index (χ2v) is 6.86. The van der Waals surface area contributed by atoms with Crippen LogP contribution in [0.5, 0.6) is 0 Å². The largest absolute Gasteiger partial charge is 0.375 e. The van der Waals surface area contributed by atoms with Crippen molar-refractivity contribution in [3.05, 3.63) is 17.5 Å². The van der Waals surface area contributed by atoms with Crippen molar-refractivity contribution >= 4 is 29.0 Å². The van der Waals surface area contributed by atoms with Crippen molar-refractivity contribution in [2.45, 2.75) is 24.6 Å². The van der Waals surface area contributed by atoms with Gasteiger partial charge in [0.2, 0.25) is 11.1 Å². The molecule has 0 saturated carbocycles. The summed E-state index contributed by atoms with van der Waals surface area (Å²) >= 11 is 2.98. The maximum atomic E-state index is 12.3. The number of hydrogen-bond donors (Lipinski definition) is 1. The molecule has 1 N–H and O–H groups in total. The Morgan fingerprint density at radius 2 is 2.55 bits per heavy atom. The molecule has 1 fully saturated rings. The lowest BCUT2D eigenvalue weighted by Gasteiger charge is -2.32. The average molecular weight is 338 g/mol. The molecule has 1 atom stereocenters. The minimum atomic E-state index is 0.120. The minimum absolute atomic E-state index is 0.120. The summed E-state index contributed by atoms with van der Waals surface area (Å²) in [5.41, 5.74) is 0. The van der Waals surface area contributed by atoms with E-state index in [1.54, 1.807) is 11.3 Å². The Kier molecular flexibility index (Phi) is 5.12. The van der Waals surface area contributed by atoms with Gasteiger partial charge in [0, 0.05) is 13.1 Å². The average Bonchev–Trinajstić information content (AvgIpc) is 3.23. The zero-order valence-corrected chi connectivity index (χ0v) is 14.0. The Hall–Kier alpha value is -1.38. The Morgan fingerprint density at radius 3 is 3.32 bits per heavy atom. The number of amides is 1. The lowest BCUT2D eigenvalue weighted by atomic mass is 10.2. The lowest BCUT2D eigenvalue weighted by molar-refractivity contribution is -0.135. The third kappa shape index (κ3) is 3.68. The number of hydrogen-bond acceptors (Lipinski definition) is 6. The third-order valence-electron chi connectivity index (χ3n) is 3.49. The van der Waals surface area contributed by atoms with Gasteiger partial charge >= 0.3 is 0 Å². The molecule has 1 saturated heterocycles. The van der Waals surface area contributed by atoms with Crippen LogP contribution in [0.15, 0.2) is 22.7 Å². The maximum Gasteiger partial charge on any atom is 0.233 e. The Labute approximate surface area is 137 Å². The van der Waals surface area contributed by atoms with E-state index in [-0.39, 0.29) is 12.0 Å². The van der Waals surface area contributed by atoms with E-state index in [2.05, 4.69) is 22.1 Å². The van der Waals surface area contributed by atoms with Gasteiger partial charge in [-0.2, -0.15) is 0 Å². The van der Waals surface area contributed by atoms with Crippen molar-refractivity contribution in [2.24, 2.45) is 0 Å². The van der Waals surface area contributed by atoms with Gasteiger partial charge in [-0.1, -0.05) is 24.8 Å². The van der Waals surface area contributed by atoms with Crippen LogP contribution in [-0.2, 0) is 9.53 Å². The van der Waals surface area contributed by atoms with Crippen LogP contribution in [0.3, 0.4) is 0 Å². The highest BCUT2D eigenvalue weighted by molar-refractivity contribution is 7.99. The van der Waals surface area contributed by atoms with Gasteiger partial charge in [0.25, 0.3) is 0 Å². The van der Waals surface area contributed by atoms with E-state index < -0.39 is 0 Å². The molecule has 0 spiro atoms. The first-order valence-electron chi connectivity index (χ1n) is 7.24. The molecule has 1 aliphatic rings. The first-order chi connectivity index (χ1) is 10.8. The summed E-state index contributed by atoms with van der Waals surface area (Å²) in [6.45, 7) is 4.06. The van der Waals surface area contributed by atoms with E-state index in [1.807, 2.05) is 22.4 Å². The number of ether oxygens (including phenoxy) is 1. The van der Waals surface area contributed by atoms with E-state index in [9.17, 15) is 4.79 Å². The fraction of sp³-hybridized carbons (Fsp3) is 0.500. The molecule has 3 rings (SSSR count). The summed E-state index contributed by atoms with van der Waals surface area (Å²) in [6.07, 6.45) is 1.10. The molecule has 118 valence electrons. The van der Waals surface area contributed by atoms with E-state index in [1.165, 1.54) is 11.8 Å². The van der Waals surface area contributed by atoms with Crippen molar-refractivity contribution < 1.29 is 9.53 Å². The van der Waals surface area contributed by atoms with Gasteiger partial charge in [0.15, 0.2) is 5.82 Å². The molecule has 2 aromatic heterocycles. The number of rotatable bonds is 5. The number of nitrogens with one attached hydrogen (secondary N) is 1. The fourth-order valence-corrected chi connectivity index (χ4v) is 3.61. The molecule has 2 aromatic rings. The number of carbonyl (C=O) groups is 1. The molecular weight excluding hydrogens is 320 g/mol. The smallest absolute Gasteiger partial charge is 0.233 e. The first kappa shape index (κ1) is 15.5. The van der Waals surface area contributed by atoms with Crippen LogP contribution in [0.4, 0.5) is 0 Å². The normalized spacial score (nSPS) is 18.6. The van der Waals surface area contributed by atoms with Gasteiger partial charge in [0.05, 0.1) is 23.3 Å². The van der Waals surface area contributed by atoms with E-state index in [0.717, 1.165) is 17.1 Å². The second-order valence-electron chi connectivity index (χ2n) is 4.97. The predicted octanol–water partition coefficient (Wildman–Crippen LogP) is 2.26. The number of nitrogens with zero attached hydrogens (tertiary/aromatic N) is 3. The summed E-state index contributed by atoms with van der Waals surface area (Å²) in [4.78, 5) is 19.6. The number of morpholine rings is 1. The van der Waals surface area contributed by atoms with Crippen LogP contribution in [0, 0.1) is 0 Å². The predicted molar refractivity (Wildman–Crippen MR) is 87.0 cm³/mol. The van der Waals surface area contributed by atoms with Crippen molar-refractivity contribution in [3.63, 3.8) is 0 Å². The summed E-state index contributed by atoms with van der Waals surface area (Å²) in [5, 5.41) is 9.67. The lowest BCUT2D eigenvalue weighted by Crippen LogP contribution is -2.46. The van der Waals surface area contributed by atoms with Crippen molar-refractivity contribution in [1.29, 1.82) is 0 Å². The molecule has 0 unspecified atom stereocenters. The van der Waals surface area contributed by atoms with E-state index in [4.69, 9.17) is 4.74 Å². The summed E-state index contributed by atoms with van der Waals surface area (Å²) < 4.78 is 5.59. The Morgan fingerprint density at radius 1 is 1.64 bits per heavy atom. The molecule has 0 radical (unpaired) electrons. The standard InChI is InChI=1S/C14H18N4O2S2/c1-2-10-8-18(5-6-20-10)12(19)9-22-14-15-13(16-17-14)11-4-3-7-21-11/h3-4,7,10H,2,5-6,8-9H2,1H3,(H,15,16,17)/t10-/m0/s1. The van der Waals surface area contributed by atoms with Crippen LogP contribution in [0.1, 0.15) is 13.3 Å². The zero-order valence-electron chi connectivity index (χ0n) is 12.3. The van der Waals surface area contributed by atoms with Gasteiger partial charge in [-0.05, 0) is 17.9 Å². The summed E-state index contributed by atoms with van der Waals surface area (Å²) in [5.74, 6) is 1.23. The highest BCUT2D eigenvalue weighted by Crippen LogP contribution is 2.23. The molecule has 8 heteroatoms. The molecule has 3 heterocycles. The van der Waals surface area contributed by atoms with Crippen LogP contribution in [0.2, 0.25) is 0 Å². The van der Waals surface area contributed by atoms with Crippen LogP contribution >= 0.6 is 23.1 Å². The van der Waals surface area contributed by atoms with Gasteiger partial charge in [-0.25, -0.2) is 4.98 Å². The topological polar surface area (TPSA) is 71.1 Å². The number of carbonyl (C=O) groups excluding carboxylic acids is 1. The van der Waals surface area contributed by atoms with Crippen LogP contribution < -0.4 is 0 Å². The quantitative estimate of drug-likeness (QED) is 0.847.